The lowest BCUT2D eigenvalue weighted by molar-refractivity contribution is -0.192. The van der Waals surface area contributed by atoms with Gasteiger partial charge in [0.2, 0.25) is 0 Å². The number of aromatic nitrogens is 4. The molecule has 0 bridgehead atoms. The van der Waals surface area contributed by atoms with Crippen molar-refractivity contribution in [1.82, 2.24) is 19.6 Å². The van der Waals surface area contributed by atoms with Gasteiger partial charge in [-0.3, -0.25) is 4.79 Å². The number of alkyl halides is 3. The van der Waals surface area contributed by atoms with E-state index in [1.54, 1.807) is 34.6 Å². The second kappa shape index (κ2) is 9.83. The van der Waals surface area contributed by atoms with Crippen molar-refractivity contribution in [1.29, 1.82) is 0 Å². The number of nitrogens with zero attached hydrogens (tertiary/aromatic N) is 4. The predicted octanol–water partition coefficient (Wildman–Crippen LogP) is 3.08. The Hall–Kier alpha value is -4.06. The number of carboxylic acids is 1. The van der Waals surface area contributed by atoms with Crippen molar-refractivity contribution in [2.45, 2.75) is 19.3 Å². The molecular weight excluding hydrogens is 458 g/mol. The fraction of sp³-hybridized carbons (Fsp3) is 0.182. The zero-order valence-corrected chi connectivity index (χ0v) is 17.8. The van der Waals surface area contributed by atoms with Crippen LogP contribution in [0.1, 0.15) is 11.1 Å². The second-order valence-electron chi connectivity index (χ2n) is 7.21. The number of carboxylic acid groups (broad SMARTS) is 1. The summed E-state index contributed by atoms with van der Waals surface area (Å²) in [6.07, 6.45) is -3.38. The zero-order valence-electron chi connectivity index (χ0n) is 17.8. The van der Waals surface area contributed by atoms with Gasteiger partial charge < -0.3 is 15.4 Å². The van der Waals surface area contributed by atoms with Crippen LogP contribution in [0.25, 0.3) is 22.2 Å². The lowest BCUT2D eigenvalue weighted by Crippen LogP contribution is -2.23. The van der Waals surface area contributed by atoms with E-state index in [1.807, 2.05) is 30.3 Å². The van der Waals surface area contributed by atoms with Crippen LogP contribution in [0.15, 0.2) is 59.5 Å². The first-order chi connectivity index (χ1) is 16.0. The molecule has 0 spiro atoms. The monoisotopic (exact) mass is 477 g/mol. The number of benzene rings is 2. The lowest BCUT2D eigenvalue weighted by Gasteiger charge is -2.08. The third kappa shape index (κ3) is 5.46. The van der Waals surface area contributed by atoms with Gasteiger partial charge in [0, 0.05) is 30.3 Å². The summed E-state index contributed by atoms with van der Waals surface area (Å²) < 4.78 is 48.9. The van der Waals surface area contributed by atoms with E-state index in [0.29, 0.717) is 22.4 Å². The molecule has 0 amide bonds. The number of rotatable bonds is 4. The molecule has 4 aromatic rings. The molecule has 12 heteroatoms. The summed E-state index contributed by atoms with van der Waals surface area (Å²) >= 11 is 0. The predicted molar refractivity (Wildman–Crippen MR) is 115 cm³/mol. The van der Waals surface area contributed by atoms with E-state index in [2.05, 4.69) is 10.3 Å². The Balaban J connectivity index is 0.000000406. The molecule has 0 saturated heterocycles. The number of fused-ring (bicyclic) bond motifs is 1. The topological polar surface area (TPSA) is 116 Å². The van der Waals surface area contributed by atoms with Crippen LogP contribution in [0.4, 0.5) is 17.6 Å². The number of carbonyl (C=O) groups is 1. The summed E-state index contributed by atoms with van der Waals surface area (Å²) in [5.74, 6) is -3.12. The third-order valence-corrected chi connectivity index (χ3v) is 4.89. The summed E-state index contributed by atoms with van der Waals surface area (Å²) in [7, 11) is 1.75. The van der Waals surface area contributed by atoms with Crippen LogP contribution in [0.2, 0.25) is 0 Å². The highest BCUT2D eigenvalue weighted by atomic mass is 19.4. The van der Waals surface area contributed by atoms with Gasteiger partial charge in [-0.1, -0.05) is 35.5 Å². The van der Waals surface area contributed by atoms with Crippen molar-refractivity contribution in [3.63, 3.8) is 0 Å². The molecule has 34 heavy (non-hydrogen) atoms. The van der Waals surface area contributed by atoms with Crippen molar-refractivity contribution < 1.29 is 27.5 Å². The number of aryl methyl sites for hydroxylation is 1. The van der Waals surface area contributed by atoms with E-state index in [1.165, 1.54) is 6.07 Å². The average molecular weight is 477 g/mol. The van der Waals surface area contributed by atoms with Gasteiger partial charge in [0.25, 0.3) is 5.56 Å². The van der Waals surface area contributed by atoms with Crippen LogP contribution >= 0.6 is 0 Å². The van der Waals surface area contributed by atoms with E-state index in [0.717, 1.165) is 10.9 Å². The molecule has 0 aliphatic rings. The minimum atomic E-state index is -5.08. The Labute approximate surface area is 189 Å². The number of hydrogen-bond donors (Lipinski definition) is 2. The van der Waals surface area contributed by atoms with Crippen molar-refractivity contribution >= 4 is 16.9 Å². The number of hydrogen-bond acceptors (Lipinski definition) is 5. The maximum atomic E-state index is 14.0. The van der Waals surface area contributed by atoms with Gasteiger partial charge in [-0.15, -0.1) is 5.10 Å². The summed E-state index contributed by atoms with van der Waals surface area (Å²) in [6.45, 7) is 0.429. The van der Waals surface area contributed by atoms with E-state index in [4.69, 9.17) is 15.6 Å². The molecule has 0 unspecified atom stereocenters. The van der Waals surface area contributed by atoms with Gasteiger partial charge in [-0.2, -0.15) is 13.2 Å². The summed E-state index contributed by atoms with van der Waals surface area (Å²) in [5.41, 5.74) is 8.50. The summed E-state index contributed by atoms with van der Waals surface area (Å²) in [4.78, 5) is 21.5. The van der Waals surface area contributed by atoms with E-state index < -0.39 is 12.1 Å². The standard InChI is InChI=1S/C20H18FN5O.C2HF3O2/c1-25-19-5-3-2-4-14(19)8-16(20(25)27)11-26-12-18(23-24-26)13-6-7-15(10-22)17(21)9-13;3-2(4,5)1(6)7/h2-9,12H,10-11,22H2,1H3;(H,6,7). The Morgan fingerprint density at radius 1 is 1.12 bits per heavy atom. The van der Waals surface area contributed by atoms with Gasteiger partial charge in [0.15, 0.2) is 0 Å². The minimum absolute atomic E-state index is 0.0795. The van der Waals surface area contributed by atoms with Crippen LogP contribution < -0.4 is 11.3 Å². The molecule has 3 N–H and O–H groups in total. The van der Waals surface area contributed by atoms with Gasteiger partial charge >= 0.3 is 12.1 Å². The molecule has 2 heterocycles. The quantitative estimate of drug-likeness (QED) is 0.437. The summed E-state index contributed by atoms with van der Waals surface area (Å²) in [5, 5.41) is 16.3. The maximum absolute atomic E-state index is 14.0. The molecule has 0 aliphatic heterocycles. The number of pyridine rings is 1. The molecular formula is C22H19F4N5O3. The molecule has 0 atom stereocenters. The molecule has 178 valence electrons. The van der Waals surface area contributed by atoms with Crippen LogP contribution in [0.3, 0.4) is 0 Å². The smallest absolute Gasteiger partial charge is 0.475 e. The van der Waals surface area contributed by atoms with E-state index in [9.17, 15) is 22.4 Å². The SMILES string of the molecule is Cn1c(=O)c(Cn2cc(-c3ccc(CN)c(F)c3)nn2)cc2ccccc21.O=C(O)C(F)(F)F. The normalized spacial score (nSPS) is 11.2. The van der Waals surface area contributed by atoms with Crippen molar-refractivity contribution in [2.75, 3.05) is 0 Å². The van der Waals surface area contributed by atoms with Gasteiger partial charge in [-0.25, -0.2) is 13.9 Å². The summed E-state index contributed by atoms with van der Waals surface area (Å²) in [6, 6.07) is 14.4. The molecule has 8 nitrogen and oxygen atoms in total. The number of halogens is 4. The second-order valence-corrected chi connectivity index (χ2v) is 7.21. The van der Waals surface area contributed by atoms with Crippen molar-refractivity contribution in [3.8, 4) is 11.3 Å². The van der Waals surface area contributed by atoms with E-state index >= 15 is 0 Å². The molecule has 2 aromatic heterocycles. The van der Waals surface area contributed by atoms with Crippen LogP contribution in [-0.2, 0) is 24.9 Å². The van der Waals surface area contributed by atoms with Gasteiger partial charge in [-0.05, 0) is 23.6 Å². The number of para-hydroxylation sites is 1. The van der Waals surface area contributed by atoms with Crippen molar-refractivity contribution in [2.24, 2.45) is 12.8 Å². The van der Waals surface area contributed by atoms with Crippen molar-refractivity contribution in [3.05, 3.63) is 82.0 Å². The van der Waals surface area contributed by atoms with Crippen LogP contribution in [0, 0.1) is 5.82 Å². The van der Waals surface area contributed by atoms with Crippen LogP contribution in [-0.4, -0.2) is 36.8 Å². The fourth-order valence-electron chi connectivity index (χ4n) is 3.16. The van der Waals surface area contributed by atoms with E-state index in [-0.39, 0.29) is 24.5 Å². The third-order valence-electron chi connectivity index (χ3n) is 4.89. The van der Waals surface area contributed by atoms with Gasteiger partial charge in [0.1, 0.15) is 11.5 Å². The molecule has 4 rings (SSSR count). The zero-order chi connectivity index (χ0) is 25.0. The highest BCUT2D eigenvalue weighted by Gasteiger charge is 2.38. The fourth-order valence-corrected chi connectivity index (χ4v) is 3.16. The Morgan fingerprint density at radius 3 is 2.41 bits per heavy atom. The molecule has 2 aromatic carbocycles. The number of aliphatic carboxylic acids is 1. The first-order valence-corrected chi connectivity index (χ1v) is 9.78. The maximum Gasteiger partial charge on any atom is 0.490 e. The highest BCUT2D eigenvalue weighted by Crippen LogP contribution is 2.20. The molecule has 0 fully saturated rings. The first kappa shape index (κ1) is 24.6. The first-order valence-electron chi connectivity index (χ1n) is 9.78. The lowest BCUT2D eigenvalue weighted by atomic mass is 10.1. The number of nitrogens with two attached hydrogens (primary N) is 1. The molecule has 0 radical (unpaired) electrons. The van der Waals surface area contributed by atoms with Crippen LogP contribution in [0.5, 0.6) is 0 Å². The highest BCUT2D eigenvalue weighted by molar-refractivity contribution is 5.79. The Morgan fingerprint density at radius 2 is 1.79 bits per heavy atom. The molecule has 0 aliphatic carbocycles. The Bertz CT molecular complexity index is 1400. The largest absolute Gasteiger partial charge is 0.490 e. The van der Waals surface area contributed by atoms with Gasteiger partial charge in [0.05, 0.1) is 18.3 Å². The Kier molecular flexibility index (Phi) is 7.11. The molecule has 0 saturated carbocycles. The minimum Gasteiger partial charge on any atom is -0.475 e. The average Bonchev–Trinajstić information content (AvgIpc) is 3.25.